The van der Waals surface area contributed by atoms with E-state index in [9.17, 15) is 0 Å². The number of benzene rings is 1. The number of hydrogen-bond donors (Lipinski definition) is 2. The molecule has 0 amide bonds. The fourth-order valence-electron chi connectivity index (χ4n) is 1.52. The van der Waals surface area contributed by atoms with Crippen LogP contribution in [0.5, 0.6) is 11.5 Å². The summed E-state index contributed by atoms with van der Waals surface area (Å²) in [6.07, 6.45) is 0. The normalized spacial score (nSPS) is 11.5. The minimum Gasteiger partial charge on any atom is -0.493 e. The topological polar surface area (TPSA) is 68.9 Å². The third kappa shape index (κ3) is 3.10. The number of ether oxygens (including phenoxy) is 2. The lowest BCUT2D eigenvalue weighted by Gasteiger charge is -2.14. The predicted octanol–water partition coefficient (Wildman–Crippen LogP) is 1.32. The van der Waals surface area contributed by atoms with Crippen molar-refractivity contribution in [2.24, 2.45) is 10.8 Å². The van der Waals surface area contributed by atoms with E-state index in [4.69, 9.17) is 15.3 Å². The van der Waals surface area contributed by atoms with Gasteiger partial charge in [0, 0.05) is 6.04 Å². The molecule has 0 bridgehead atoms. The summed E-state index contributed by atoms with van der Waals surface area (Å²) in [7, 11) is 3.18. The maximum absolute atomic E-state index is 5.49. The number of nitrogens with two attached hydrogens (primary N) is 1. The van der Waals surface area contributed by atoms with Crippen molar-refractivity contribution in [3.05, 3.63) is 23.8 Å². The Bertz CT molecular complexity index is 403. The molecule has 0 atom stereocenters. The zero-order valence-electron chi connectivity index (χ0n) is 10.7. The summed E-state index contributed by atoms with van der Waals surface area (Å²) in [4.78, 5) is 4.39. The van der Waals surface area contributed by atoms with E-state index in [-0.39, 0.29) is 6.04 Å². The maximum Gasteiger partial charge on any atom is 0.171 e. The van der Waals surface area contributed by atoms with Crippen LogP contribution >= 0.6 is 0 Å². The Labute approximate surface area is 102 Å². The zero-order chi connectivity index (χ0) is 12.8. The first-order valence-electron chi connectivity index (χ1n) is 5.39. The van der Waals surface area contributed by atoms with Gasteiger partial charge in [-0.15, -0.1) is 0 Å². The van der Waals surface area contributed by atoms with E-state index in [1.165, 1.54) is 0 Å². The van der Waals surface area contributed by atoms with E-state index in [1.54, 1.807) is 14.2 Å². The Balaban J connectivity index is 3.28. The average molecular weight is 237 g/mol. The molecule has 0 fully saturated rings. The molecule has 17 heavy (non-hydrogen) atoms. The van der Waals surface area contributed by atoms with Gasteiger partial charge in [-0.3, -0.25) is 4.99 Å². The summed E-state index contributed by atoms with van der Waals surface area (Å²) in [5.74, 6) is 7.34. The largest absolute Gasteiger partial charge is 0.493 e. The first-order chi connectivity index (χ1) is 8.13. The van der Waals surface area contributed by atoms with E-state index >= 15 is 0 Å². The number of hydrogen-bond acceptors (Lipinski definition) is 4. The van der Waals surface area contributed by atoms with Crippen molar-refractivity contribution >= 4 is 5.84 Å². The van der Waals surface area contributed by atoms with Gasteiger partial charge in [0.05, 0.1) is 19.8 Å². The molecule has 1 aromatic carbocycles. The summed E-state index contributed by atoms with van der Waals surface area (Å²) < 4.78 is 10.6. The standard InChI is InChI=1S/C12H19N3O2/c1-8(2)14-12(15-13)9-6-5-7-10(16-3)11(9)17-4/h5-8H,13H2,1-4H3,(H,14,15). The number of rotatable bonds is 4. The van der Waals surface area contributed by atoms with Gasteiger partial charge in [-0.2, -0.15) is 0 Å². The number of hydrazine groups is 1. The Morgan fingerprint density at radius 2 is 2.00 bits per heavy atom. The van der Waals surface area contributed by atoms with Crippen LogP contribution in [0, 0.1) is 0 Å². The van der Waals surface area contributed by atoms with Crippen molar-refractivity contribution in [1.82, 2.24) is 5.43 Å². The summed E-state index contributed by atoms with van der Waals surface area (Å²) in [5.41, 5.74) is 3.37. The van der Waals surface area contributed by atoms with Crippen molar-refractivity contribution in [3.63, 3.8) is 0 Å². The van der Waals surface area contributed by atoms with Crippen molar-refractivity contribution in [2.75, 3.05) is 14.2 Å². The van der Waals surface area contributed by atoms with Gasteiger partial charge < -0.3 is 14.9 Å². The molecule has 0 aromatic heterocycles. The first kappa shape index (κ1) is 13.3. The first-order valence-corrected chi connectivity index (χ1v) is 5.39. The molecular weight excluding hydrogens is 218 g/mol. The highest BCUT2D eigenvalue weighted by molar-refractivity contribution is 6.01. The van der Waals surface area contributed by atoms with E-state index in [1.807, 2.05) is 32.0 Å². The third-order valence-electron chi connectivity index (χ3n) is 2.18. The highest BCUT2D eigenvalue weighted by atomic mass is 16.5. The number of amidine groups is 1. The average Bonchev–Trinajstić information content (AvgIpc) is 2.34. The minimum atomic E-state index is 0.136. The molecule has 0 saturated carbocycles. The summed E-state index contributed by atoms with van der Waals surface area (Å²) >= 11 is 0. The van der Waals surface area contributed by atoms with Gasteiger partial charge in [-0.25, -0.2) is 5.84 Å². The van der Waals surface area contributed by atoms with Crippen molar-refractivity contribution in [3.8, 4) is 11.5 Å². The summed E-state index contributed by atoms with van der Waals surface area (Å²) in [6, 6.07) is 5.70. The number of nitrogens with zero attached hydrogens (tertiary/aromatic N) is 1. The SMILES string of the molecule is COc1cccc(C(=NC(C)C)NN)c1OC. The van der Waals surface area contributed by atoms with Crippen LogP contribution in [0.1, 0.15) is 19.4 Å². The fourth-order valence-corrected chi connectivity index (χ4v) is 1.52. The second-order valence-electron chi connectivity index (χ2n) is 3.76. The zero-order valence-corrected chi connectivity index (χ0v) is 10.7. The predicted molar refractivity (Wildman–Crippen MR) is 68.5 cm³/mol. The molecule has 3 N–H and O–H groups in total. The van der Waals surface area contributed by atoms with Crippen molar-refractivity contribution in [1.29, 1.82) is 0 Å². The Kier molecular flexibility index (Phi) is 4.78. The smallest absolute Gasteiger partial charge is 0.171 e. The molecule has 1 rings (SSSR count). The number of aliphatic imine (C=N–C) groups is 1. The molecule has 1 aromatic rings. The van der Waals surface area contributed by atoms with E-state index in [0.29, 0.717) is 17.3 Å². The molecule has 0 aliphatic carbocycles. The monoisotopic (exact) mass is 237 g/mol. The van der Waals surface area contributed by atoms with E-state index < -0.39 is 0 Å². The van der Waals surface area contributed by atoms with Crippen LogP contribution in [-0.4, -0.2) is 26.1 Å². The number of para-hydroxylation sites is 1. The van der Waals surface area contributed by atoms with Crippen LogP contribution in [-0.2, 0) is 0 Å². The van der Waals surface area contributed by atoms with Crippen LogP contribution in [0.25, 0.3) is 0 Å². The number of nitrogens with one attached hydrogen (secondary N) is 1. The molecular formula is C12H19N3O2. The third-order valence-corrected chi connectivity index (χ3v) is 2.18. The van der Waals surface area contributed by atoms with Gasteiger partial charge in [-0.1, -0.05) is 6.07 Å². The van der Waals surface area contributed by atoms with Gasteiger partial charge in [0.1, 0.15) is 5.84 Å². The van der Waals surface area contributed by atoms with Crippen LogP contribution < -0.4 is 20.7 Å². The lowest BCUT2D eigenvalue weighted by molar-refractivity contribution is 0.354. The van der Waals surface area contributed by atoms with E-state index in [0.717, 1.165) is 5.56 Å². The maximum atomic E-state index is 5.49. The van der Waals surface area contributed by atoms with Gasteiger partial charge in [0.15, 0.2) is 11.5 Å². The molecule has 0 spiro atoms. The molecule has 0 aliphatic rings. The summed E-state index contributed by atoms with van der Waals surface area (Å²) in [5, 5.41) is 0. The Morgan fingerprint density at radius 3 is 2.47 bits per heavy atom. The fraction of sp³-hybridized carbons (Fsp3) is 0.417. The second kappa shape index (κ2) is 6.10. The highest BCUT2D eigenvalue weighted by Crippen LogP contribution is 2.30. The molecule has 94 valence electrons. The second-order valence-corrected chi connectivity index (χ2v) is 3.76. The van der Waals surface area contributed by atoms with Crippen LogP contribution in [0.2, 0.25) is 0 Å². The molecule has 0 radical (unpaired) electrons. The molecule has 5 nitrogen and oxygen atoms in total. The van der Waals surface area contributed by atoms with Crippen LogP contribution in [0.4, 0.5) is 0 Å². The Morgan fingerprint density at radius 1 is 1.29 bits per heavy atom. The lowest BCUT2D eigenvalue weighted by Crippen LogP contribution is -2.32. The van der Waals surface area contributed by atoms with Crippen LogP contribution in [0.15, 0.2) is 23.2 Å². The molecule has 0 aliphatic heterocycles. The highest BCUT2D eigenvalue weighted by Gasteiger charge is 2.14. The van der Waals surface area contributed by atoms with Crippen LogP contribution in [0.3, 0.4) is 0 Å². The summed E-state index contributed by atoms with van der Waals surface area (Å²) in [6.45, 7) is 3.95. The molecule has 0 saturated heterocycles. The molecule has 0 heterocycles. The van der Waals surface area contributed by atoms with Crippen molar-refractivity contribution in [2.45, 2.75) is 19.9 Å². The Hall–Kier alpha value is -1.75. The number of methoxy groups -OCH3 is 2. The van der Waals surface area contributed by atoms with Gasteiger partial charge in [0.2, 0.25) is 0 Å². The van der Waals surface area contributed by atoms with Gasteiger partial charge in [-0.05, 0) is 26.0 Å². The minimum absolute atomic E-state index is 0.136. The van der Waals surface area contributed by atoms with Gasteiger partial charge in [0.25, 0.3) is 0 Å². The van der Waals surface area contributed by atoms with E-state index in [2.05, 4.69) is 10.4 Å². The quantitative estimate of drug-likeness (QED) is 0.359. The molecule has 0 unspecified atom stereocenters. The molecule has 5 heteroatoms. The van der Waals surface area contributed by atoms with Gasteiger partial charge >= 0.3 is 0 Å². The van der Waals surface area contributed by atoms with Crippen molar-refractivity contribution < 1.29 is 9.47 Å². The lowest BCUT2D eigenvalue weighted by atomic mass is 10.1.